The van der Waals surface area contributed by atoms with Crippen LogP contribution in [0, 0.1) is 23.7 Å². The lowest BCUT2D eigenvalue weighted by atomic mass is 9.78. The summed E-state index contributed by atoms with van der Waals surface area (Å²) in [7, 11) is 4.13. The molecule has 0 aromatic carbocycles. The van der Waals surface area contributed by atoms with E-state index >= 15 is 0 Å². The van der Waals surface area contributed by atoms with E-state index in [1.54, 1.807) is 0 Å². The number of hydrogen-bond donors (Lipinski definition) is 0. The summed E-state index contributed by atoms with van der Waals surface area (Å²) in [6.07, 6.45) is 22.8. The molecule has 14 heteroatoms. The van der Waals surface area contributed by atoms with Crippen LogP contribution in [-0.2, 0) is 33.4 Å². The molecule has 6 saturated heterocycles. The molecule has 0 aliphatic carbocycles. The number of hydrogen-bond acceptors (Lipinski definition) is 9. The largest absolute Gasteiger partial charge is 0.465 e. The van der Waals surface area contributed by atoms with Gasteiger partial charge in [0.25, 0.3) is 0 Å². The molecule has 0 aromatic heterocycles. The molecule has 0 saturated carbocycles. The van der Waals surface area contributed by atoms with Crippen LogP contribution >= 0.6 is 34.8 Å². The summed E-state index contributed by atoms with van der Waals surface area (Å²) >= 11 is 15.2. The quantitative estimate of drug-likeness (QED) is 0.0526. The summed E-state index contributed by atoms with van der Waals surface area (Å²) in [4.78, 5) is 58.7. The standard InChI is InChI=1S/C30H54N2O4.C13H19ClN2O3.CH2Cl2/c1-3-4-5-6-7-8-9-10-11-12-13-14-15-16-17-24-35-30(34)28-26-19-18-25(36-26)27(28)29(33)32-22-20-31(2)21-23-32;1-15-4-6-16(7-5-15)13(18)11-9-3-2-8(19-9)10(11)12(14)17;2-1-3/h25-28H,3-24H2,1-2H3;8-11H,2-7H2,1H3;1H2. The first-order chi connectivity index (χ1) is 28.1. The maximum absolute atomic E-state index is 13.3. The van der Waals surface area contributed by atoms with Gasteiger partial charge in [0, 0.05) is 52.4 Å². The number of piperazine rings is 2. The number of carbonyl (C=O) groups excluding carboxylic acids is 4. The summed E-state index contributed by atoms with van der Waals surface area (Å²) in [6, 6.07) is 0. The van der Waals surface area contributed by atoms with Gasteiger partial charge in [-0.1, -0.05) is 96.8 Å². The van der Waals surface area contributed by atoms with E-state index < -0.39 is 17.1 Å². The Bertz CT molecular complexity index is 1240. The van der Waals surface area contributed by atoms with Crippen LogP contribution in [0.2, 0.25) is 0 Å². The zero-order valence-electron chi connectivity index (χ0n) is 35.9. The third kappa shape index (κ3) is 15.0. The van der Waals surface area contributed by atoms with Crippen LogP contribution in [0.4, 0.5) is 0 Å². The number of likely N-dealkylation sites (N-methyl/N-ethyl adjacent to an activating group) is 2. The molecule has 58 heavy (non-hydrogen) atoms. The van der Waals surface area contributed by atoms with Crippen LogP contribution in [0.1, 0.15) is 129 Å². The van der Waals surface area contributed by atoms with Gasteiger partial charge in [-0.05, 0) is 57.8 Å². The fourth-order valence-corrected chi connectivity index (χ4v) is 10.1. The Kier molecular flexibility index (Phi) is 23.0. The third-order valence-corrected chi connectivity index (χ3v) is 13.5. The van der Waals surface area contributed by atoms with E-state index in [2.05, 4.69) is 23.8 Å². The number of rotatable bonds is 20. The van der Waals surface area contributed by atoms with Crippen LogP contribution < -0.4 is 0 Å². The second kappa shape index (κ2) is 27.0. The number of carbonyl (C=O) groups is 4. The number of ether oxygens (including phenoxy) is 3. The predicted octanol–water partition coefficient (Wildman–Crippen LogP) is 7.71. The van der Waals surface area contributed by atoms with Gasteiger partial charge in [-0.2, -0.15) is 0 Å². The van der Waals surface area contributed by atoms with E-state index in [0.717, 1.165) is 90.9 Å². The maximum atomic E-state index is 13.3. The van der Waals surface area contributed by atoms with E-state index in [1.807, 2.05) is 16.8 Å². The van der Waals surface area contributed by atoms with Gasteiger partial charge >= 0.3 is 5.97 Å². The molecular weight excluding hydrogens is 803 g/mol. The predicted molar refractivity (Wildman–Crippen MR) is 231 cm³/mol. The van der Waals surface area contributed by atoms with Crippen molar-refractivity contribution < 1.29 is 33.4 Å². The number of halogens is 3. The topological polar surface area (TPSA) is 109 Å². The van der Waals surface area contributed by atoms with E-state index in [0.29, 0.717) is 6.61 Å². The van der Waals surface area contributed by atoms with Crippen molar-refractivity contribution in [3.8, 4) is 0 Å². The Morgan fingerprint density at radius 1 is 0.517 bits per heavy atom. The molecule has 8 unspecified atom stereocenters. The molecule has 6 fully saturated rings. The normalized spacial score (nSPS) is 29.1. The molecule has 6 aliphatic rings. The van der Waals surface area contributed by atoms with Gasteiger partial charge in [0.2, 0.25) is 17.1 Å². The summed E-state index contributed by atoms with van der Waals surface area (Å²) in [5, 5.41) is -0.223. The fourth-order valence-electron chi connectivity index (χ4n) is 9.79. The minimum absolute atomic E-state index is 0.0549. The molecule has 6 rings (SSSR count). The van der Waals surface area contributed by atoms with Gasteiger partial charge in [-0.25, -0.2) is 0 Å². The molecule has 0 aromatic rings. The summed E-state index contributed by atoms with van der Waals surface area (Å²) in [6.45, 7) is 9.23. The summed E-state index contributed by atoms with van der Waals surface area (Å²) in [5.74, 6) is -1.60. The molecule has 0 radical (unpaired) electrons. The first-order valence-electron chi connectivity index (χ1n) is 22.8. The molecule has 8 atom stereocenters. The van der Waals surface area contributed by atoms with E-state index in [9.17, 15) is 19.2 Å². The van der Waals surface area contributed by atoms with Crippen molar-refractivity contribution in [2.75, 3.05) is 78.4 Å². The third-order valence-electron chi connectivity index (χ3n) is 13.3. The molecule has 6 heterocycles. The molecule has 4 bridgehead atoms. The number of esters is 1. The summed E-state index contributed by atoms with van der Waals surface area (Å²) < 4.78 is 17.4. The van der Waals surface area contributed by atoms with E-state index in [-0.39, 0.29) is 59.4 Å². The highest BCUT2D eigenvalue weighted by atomic mass is 35.5. The number of amides is 2. The van der Waals surface area contributed by atoms with Gasteiger partial charge in [-0.15, -0.1) is 23.2 Å². The SMILES string of the molecule is CCCCCCCCCCCCCCCCCOC(=O)C1C2CCC(O2)C1C(=O)N1CCN(C)CC1.CN1CCN(C(=O)C2C3CCC(O3)C2C(=O)Cl)CC1.ClCCl. The second-order valence-electron chi connectivity index (χ2n) is 17.5. The Morgan fingerprint density at radius 2 is 0.845 bits per heavy atom. The maximum Gasteiger partial charge on any atom is 0.312 e. The molecule has 0 spiro atoms. The number of unbranched alkanes of at least 4 members (excludes halogenated alkanes) is 14. The number of alkyl halides is 2. The molecule has 11 nitrogen and oxygen atoms in total. The monoisotopic (exact) mass is 876 g/mol. The van der Waals surface area contributed by atoms with Gasteiger partial charge in [-0.3, -0.25) is 19.2 Å². The zero-order valence-corrected chi connectivity index (χ0v) is 38.2. The molecular formula is C44H75Cl3N4O7. The fraction of sp³-hybridized carbons (Fsp3) is 0.909. The minimum atomic E-state index is -0.437. The van der Waals surface area contributed by atoms with E-state index in [4.69, 9.17) is 49.0 Å². The zero-order chi connectivity index (χ0) is 41.9. The Hall–Kier alpha value is -1.21. The smallest absolute Gasteiger partial charge is 0.312 e. The van der Waals surface area contributed by atoms with Gasteiger partial charge in [0.05, 0.1) is 60.0 Å². The van der Waals surface area contributed by atoms with Crippen molar-refractivity contribution in [2.45, 2.75) is 153 Å². The van der Waals surface area contributed by atoms with Crippen LogP contribution in [0.25, 0.3) is 0 Å². The first-order valence-corrected chi connectivity index (χ1v) is 24.3. The van der Waals surface area contributed by atoms with Crippen molar-refractivity contribution >= 4 is 57.8 Å². The van der Waals surface area contributed by atoms with Crippen molar-refractivity contribution in [1.29, 1.82) is 0 Å². The average Bonchev–Trinajstić information content (AvgIpc) is 4.04. The first kappa shape index (κ1) is 49.4. The Balaban J connectivity index is 0.000000281. The highest BCUT2D eigenvalue weighted by Gasteiger charge is 2.57. The second-order valence-corrected chi connectivity index (χ2v) is 18.6. The van der Waals surface area contributed by atoms with Crippen LogP contribution in [0.5, 0.6) is 0 Å². The van der Waals surface area contributed by atoms with Crippen molar-refractivity contribution in [3.63, 3.8) is 0 Å². The van der Waals surface area contributed by atoms with Crippen LogP contribution in [0.15, 0.2) is 0 Å². The van der Waals surface area contributed by atoms with Gasteiger partial charge < -0.3 is 33.8 Å². The highest BCUT2D eigenvalue weighted by Crippen LogP contribution is 2.46. The molecule has 6 aliphatic heterocycles. The number of nitrogens with zero attached hydrogens (tertiary/aromatic N) is 4. The van der Waals surface area contributed by atoms with E-state index in [1.165, 1.54) is 83.5 Å². The van der Waals surface area contributed by atoms with Crippen molar-refractivity contribution in [2.24, 2.45) is 23.7 Å². The Morgan fingerprint density at radius 3 is 1.22 bits per heavy atom. The molecule has 0 N–H and O–H groups in total. The van der Waals surface area contributed by atoms with Crippen LogP contribution in [0.3, 0.4) is 0 Å². The molecule has 2 amide bonds. The lowest BCUT2D eigenvalue weighted by Crippen LogP contribution is -2.52. The van der Waals surface area contributed by atoms with Gasteiger partial charge in [0.15, 0.2) is 0 Å². The average molecular weight is 878 g/mol. The lowest BCUT2D eigenvalue weighted by Gasteiger charge is -2.36. The van der Waals surface area contributed by atoms with Crippen molar-refractivity contribution in [1.82, 2.24) is 19.6 Å². The number of fused-ring (bicyclic) bond motifs is 4. The van der Waals surface area contributed by atoms with Crippen LogP contribution in [-0.4, -0.2) is 145 Å². The summed E-state index contributed by atoms with van der Waals surface area (Å²) in [5.41, 5.74) is 0. The van der Waals surface area contributed by atoms with Gasteiger partial charge in [0.1, 0.15) is 0 Å². The highest BCUT2D eigenvalue weighted by molar-refractivity contribution is 6.64. The van der Waals surface area contributed by atoms with Crippen molar-refractivity contribution in [3.05, 3.63) is 0 Å². The Labute approximate surface area is 364 Å². The lowest BCUT2D eigenvalue weighted by molar-refractivity contribution is -0.156. The minimum Gasteiger partial charge on any atom is -0.465 e. The molecule has 334 valence electrons.